The van der Waals surface area contributed by atoms with Crippen molar-refractivity contribution < 1.29 is 0 Å². The molecule has 2 heterocycles. The summed E-state index contributed by atoms with van der Waals surface area (Å²) < 4.78 is 0. The monoisotopic (exact) mass is 233 g/mol. The van der Waals surface area contributed by atoms with Crippen LogP contribution in [0.25, 0.3) is 0 Å². The molecule has 1 N–H and O–H groups in total. The summed E-state index contributed by atoms with van der Waals surface area (Å²) in [5, 5.41) is 3.50. The van der Waals surface area contributed by atoms with Gasteiger partial charge in [0.15, 0.2) is 0 Å². The quantitative estimate of drug-likeness (QED) is 0.866. The highest BCUT2D eigenvalue weighted by atomic mass is 15.2. The van der Waals surface area contributed by atoms with E-state index in [1.807, 2.05) is 6.20 Å². The second-order valence-electron chi connectivity index (χ2n) is 5.18. The van der Waals surface area contributed by atoms with E-state index in [1.54, 1.807) is 0 Å². The summed E-state index contributed by atoms with van der Waals surface area (Å²) >= 11 is 0. The zero-order valence-electron chi connectivity index (χ0n) is 11.1. The average molecular weight is 233 g/mol. The van der Waals surface area contributed by atoms with Gasteiger partial charge in [-0.05, 0) is 44.0 Å². The van der Waals surface area contributed by atoms with Crippen molar-refractivity contribution in [1.82, 2.24) is 9.88 Å². The van der Waals surface area contributed by atoms with Gasteiger partial charge in [-0.1, -0.05) is 19.9 Å². The van der Waals surface area contributed by atoms with Crippen molar-refractivity contribution in [3.05, 3.63) is 23.9 Å². The topological polar surface area (TPSA) is 28.2 Å². The Morgan fingerprint density at radius 2 is 2.35 bits per heavy atom. The van der Waals surface area contributed by atoms with E-state index in [9.17, 15) is 0 Å². The molecule has 1 aliphatic rings. The van der Waals surface area contributed by atoms with Crippen molar-refractivity contribution >= 4 is 5.82 Å². The molecule has 0 radical (unpaired) electrons. The Hall–Kier alpha value is -1.09. The highest BCUT2D eigenvalue weighted by Gasteiger charge is 2.19. The van der Waals surface area contributed by atoms with Crippen LogP contribution in [-0.4, -0.2) is 36.1 Å². The highest BCUT2D eigenvalue weighted by Crippen LogP contribution is 2.19. The van der Waals surface area contributed by atoms with Crippen LogP contribution in [0.15, 0.2) is 18.3 Å². The number of likely N-dealkylation sites (N-methyl/N-ethyl adjacent to an activating group) is 1. The van der Waals surface area contributed by atoms with Crippen LogP contribution in [0.5, 0.6) is 0 Å². The van der Waals surface area contributed by atoms with Crippen LogP contribution in [0.4, 0.5) is 5.82 Å². The number of nitrogens with one attached hydrogen (secondary N) is 1. The average Bonchev–Trinajstić information content (AvgIpc) is 2.75. The van der Waals surface area contributed by atoms with Gasteiger partial charge in [0.05, 0.1) is 0 Å². The maximum atomic E-state index is 4.51. The number of hydrogen-bond donors (Lipinski definition) is 1. The summed E-state index contributed by atoms with van der Waals surface area (Å²) in [5.74, 6) is 1.62. The van der Waals surface area contributed by atoms with Gasteiger partial charge in [-0.25, -0.2) is 4.98 Å². The maximum Gasteiger partial charge on any atom is 0.126 e. The fourth-order valence-corrected chi connectivity index (χ4v) is 2.28. The molecule has 0 saturated carbocycles. The normalized spacial score (nSPS) is 22.6. The smallest absolute Gasteiger partial charge is 0.126 e. The van der Waals surface area contributed by atoms with Crippen LogP contribution < -0.4 is 5.32 Å². The number of nitrogens with zero attached hydrogens (tertiary/aromatic N) is 2. The summed E-state index contributed by atoms with van der Waals surface area (Å²) in [6.45, 7) is 6.76. The highest BCUT2D eigenvalue weighted by molar-refractivity contribution is 5.37. The van der Waals surface area contributed by atoms with E-state index < -0.39 is 0 Å². The molecule has 1 aromatic rings. The fraction of sp³-hybridized carbons (Fsp3) is 0.643. The maximum absolute atomic E-state index is 4.51. The third-order valence-electron chi connectivity index (χ3n) is 3.71. The Kier molecular flexibility index (Phi) is 4.00. The minimum atomic E-state index is 0.557. The second kappa shape index (κ2) is 5.50. The molecule has 1 aromatic heterocycles. The molecule has 17 heavy (non-hydrogen) atoms. The minimum absolute atomic E-state index is 0.557. The van der Waals surface area contributed by atoms with Gasteiger partial charge in [0.1, 0.15) is 5.82 Å². The van der Waals surface area contributed by atoms with Crippen LogP contribution in [0.1, 0.15) is 38.2 Å². The van der Waals surface area contributed by atoms with Crippen LogP contribution >= 0.6 is 0 Å². The van der Waals surface area contributed by atoms with E-state index in [-0.39, 0.29) is 0 Å². The number of pyridine rings is 1. The number of likely N-dealkylation sites (tertiary alicyclic amines) is 1. The van der Waals surface area contributed by atoms with Gasteiger partial charge < -0.3 is 10.2 Å². The van der Waals surface area contributed by atoms with Crippen LogP contribution in [0, 0.1) is 0 Å². The summed E-state index contributed by atoms with van der Waals surface area (Å²) in [7, 11) is 2.17. The SMILES string of the molecule is CCC(C)c1ccc(N[C@H]2CCN(C)C2)nc1. The molecule has 0 spiro atoms. The zero-order chi connectivity index (χ0) is 12.3. The van der Waals surface area contributed by atoms with Gasteiger partial charge >= 0.3 is 0 Å². The summed E-state index contributed by atoms with van der Waals surface area (Å²) in [6.07, 6.45) is 4.39. The largest absolute Gasteiger partial charge is 0.366 e. The first-order chi connectivity index (χ1) is 8.19. The van der Waals surface area contributed by atoms with Crippen LogP contribution in [0.3, 0.4) is 0 Å². The predicted octanol–water partition coefficient (Wildman–Crippen LogP) is 2.71. The third-order valence-corrected chi connectivity index (χ3v) is 3.71. The number of anilines is 1. The summed E-state index contributed by atoms with van der Waals surface area (Å²) in [5.41, 5.74) is 1.33. The van der Waals surface area contributed by atoms with Gasteiger partial charge in [0, 0.05) is 18.8 Å². The lowest BCUT2D eigenvalue weighted by Gasteiger charge is -2.14. The van der Waals surface area contributed by atoms with Gasteiger partial charge in [-0.2, -0.15) is 0 Å². The first-order valence-corrected chi connectivity index (χ1v) is 6.60. The van der Waals surface area contributed by atoms with Crippen molar-refractivity contribution in [1.29, 1.82) is 0 Å². The Morgan fingerprint density at radius 1 is 1.53 bits per heavy atom. The van der Waals surface area contributed by atoms with Crippen molar-refractivity contribution in [2.45, 2.75) is 38.6 Å². The van der Waals surface area contributed by atoms with E-state index in [1.165, 1.54) is 24.9 Å². The summed E-state index contributed by atoms with van der Waals surface area (Å²) in [6, 6.07) is 4.86. The molecule has 2 atom stereocenters. The van der Waals surface area contributed by atoms with Gasteiger partial charge in [-0.15, -0.1) is 0 Å². The predicted molar refractivity (Wildman–Crippen MR) is 72.5 cm³/mol. The first kappa shape index (κ1) is 12.4. The zero-order valence-corrected chi connectivity index (χ0v) is 11.1. The van der Waals surface area contributed by atoms with E-state index in [0.717, 1.165) is 12.4 Å². The molecule has 1 saturated heterocycles. The Bertz CT molecular complexity index is 347. The number of aromatic nitrogens is 1. The summed E-state index contributed by atoms with van der Waals surface area (Å²) in [4.78, 5) is 6.86. The van der Waals surface area contributed by atoms with Crippen molar-refractivity contribution in [3.63, 3.8) is 0 Å². The standard InChI is InChI=1S/C14H23N3/c1-4-11(2)12-5-6-14(15-9-12)16-13-7-8-17(3)10-13/h5-6,9,11,13H,4,7-8,10H2,1-3H3,(H,15,16)/t11?,13-/m0/s1. The Morgan fingerprint density at radius 3 is 2.88 bits per heavy atom. The molecular formula is C14H23N3. The van der Waals surface area contributed by atoms with E-state index in [4.69, 9.17) is 0 Å². The molecule has 94 valence electrons. The van der Waals surface area contributed by atoms with Gasteiger partial charge in [0.2, 0.25) is 0 Å². The van der Waals surface area contributed by atoms with E-state index >= 15 is 0 Å². The molecule has 1 aliphatic heterocycles. The molecule has 2 rings (SSSR count). The van der Waals surface area contributed by atoms with E-state index in [2.05, 4.69) is 48.2 Å². The van der Waals surface area contributed by atoms with Crippen molar-refractivity contribution in [3.8, 4) is 0 Å². The minimum Gasteiger partial charge on any atom is -0.366 e. The molecule has 3 heteroatoms. The lowest BCUT2D eigenvalue weighted by Crippen LogP contribution is -2.23. The van der Waals surface area contributed by atoms with Crippen molar-refractivity contribution in [2.24, 2.45) is 0 Å². The number of rotatable bonds is 4. The van der Waals surface area contributed by atoms with Crippen LogP contribution in [0.2, 0.25) is 0 Å². The molecule has 3 nitrogen and oxygen atoms in total. The second-order valence-corrected chi connectivity index (χ2v) is 5.18. The molecule has 1 unspecified atom stereocenters. The van der Waals surface area contributed by atoms with Crippen molar-refractivity contribution in [2.75, 3.05) is 25.5 Å². The molecular weight excluding hydrogens is 210 g/mol. The van der Waals surface area contributed by atoms with Gasteiger partial charge in [-0.3, -0.25) is 0 Å². The lowest BCUT2D eigenvalue weighted by atomic mass is 10.0. The molecule has 0 amide bonds. The fourth-order valence-electron chi connectivity index (χ4n) is 2.28. The molecule has 1 fully saturated rings. The molecule has 0 aromatic carbocycles. The number of hydrogen-bond acceptors (Lipinski definition) is 3. The van der Waals surface area contributed by atoms with Gasteiger partial charge in [0.25, 0.3) is 0 Å². The Labute approximate surface area is 104 Å². The lowest BCUT2D eigenvalue weighted by molar-refractivity contribution is 0.414. The molecule has 0 bridgehead atoms. The molecule has 0 aliphatic carbocycles. The van der Waals surface area contributed by atoms with Crippen LogP contribution in [-0.2, 0) is 0 Å². The van der Waals surface area contributed by atoms with E-state index in [0.29, 0.717) is 12.0 Å². The first-order valence-electron chi connectivity index (χ1n) is 6.60. The third kappa shape index (κ3) is 3.19. The Balaban J connectivity index is 1.94.